The van der Waals surface area contributed by atoms with Crippen LogP contribution in [0.25, 0.3) is 0 Å². The summed E-state index contributed by atoms with van der Waals surface area (Å²) in [5, 5.41) is 10.3. The van der Waals surface area contributed by atoms with Crippen molar-refractivity contribution in [2.24, 2.45) is 5.73 Å². The average Bonchev–Trinajstić information content (AvgIpc) is 2.56. The second-order valence-corrected chi connectivity index (χ2v) is 4.06. The molecule has 1 saturated heterocycles. The van der Waals surface area contributed by atoms with E-state index in [9.17, 15) is 5.11 Å². The maximum atomic E-state index is 9.64. The fourth-order valence-electron chi connectivity index (χ4n) is 1.76. The number of nitrogens with two attached hydrogens (primary N) is 1. The van der Waals surface area contributed by atoms with Crippen LogP contribution in [0.15, 0.2) is 18.2 Å². The van der Waals surface area contributed by atoms with E-state index in [1.807, 2.05) is 0 Å². The average molecular weight is 213 g/mol. The van der Waals surface area contributed by atoms with E-state index in [1.165, 1.54) is 0 Å². The highest BCUT2D eigenvalue weighted by molar-refractivity contribution is 6.30. The van der Waals surface area contributed by atoms with E-state index in [-0.39, 0.29) is 11.8 Å². The predicted octanol–water partition coefficient (Wildman–Crippen LogP) is 1.58. The summed E-state index contributed by atoms with van der Waals surface area (Å²) in [6, 6.07) is 5.26. The number of phenolic OH excluding ortho intramolecular Hbond substituents is 1. The molecular formula is C10H13ClN2O. The summed E-state index contributed by atoms with van der Waals surface area (Å²) in [5.74, 6) is 0.267. The molecule has 3 N–H and O–H groups in total. The Hall–Kier alpha value is -0.930. The standard InChI is InChI=1S/C10H13ClN2O/c11-7-1-2-10(14)9(5-7)13-4-3-8(12)6-13/h1-2,5,8,14H,3-4,6,12H2. The SMILES string of the molecule is NC1CCN(c2cc(Cl)ccc2O)C1. The molecule has 1 aliphatic heterocycles. The maximum absolute atomic E-state index is 9.64. The van der Waals surface area contributed by atoms with Crippen LogP contribution in [0, 0.1) is 0 Å². The largest absolute Gasteiger partial charge is 0.506 e. The van der Waals surface area contributed by atoms with Crippen molar-refractivity contribution < 1.29 is 5.11 Å². The molecule has 2 rings (SSSR count). The fraction of sp³-hybridized carbons (Fsp3) is 0.400. The third kappa shape index (κ3) is 1.79. The number of hydrogen-bond donors (Lipinski definition) is 2. The number of anilines is 1. The number of aromatic hydroxyl groups is 1. The Bertz CT molecular complexity index is 343. The number of rotatable bonds is 1. The second kappa shape index (κ2) is 3.67. The van der Waals surface area contributed by atoms with Gasteiger partial charge in [-0.05, 0) is 24.6 Å². The Morgan fingerprint density at radius 2 is 2.29 bits per heavy atom. The first-order valence-corrected chi connectivity index (χ1v) is 5.03. The Labute approximate surface area is 88.1 Å². The van der Waals surface area contributed by atoms with Crippen LogP contribution in [0.3, 0.4) is 0 Å². The molecule has 0 aliphatic carbocycles. The molecule has 0 radical (unpaired) electrons. The molecule has 4 heteroatoms. The van der Waals surface area contributed by atoms with Gasteiger partial charge >= 0.3 is 0 Å². The van der Waals surface area contributed by atoms with Crippen molar-refractivity contribution >= 4 is 17.3 Å². The zero-order chi connectivity index (χ0) is 10.1. The minimum absolute atomic E-state index is 0.202. The lowest BCUT2D eigenvalue weighted by molar-refractivity contribution is 0.475. The van der Waals surface area contributed by atoms with Crippen molar-refractivity contribution in [2.75, 3.05) is 18.0 Å². The topological polar surface area (TPSA) is 49.5 Å². The zero-order valence-corrected chi connectivity index (χ0v) is 8.54. The lowest BCUT2D eigenvalue weighted by Crippen LogP contribution is -2.26. The summed E-state index contributed by atoms with van der Waals surface area (Å²) < 4.78 is 0. The minimum atomic E-state index is 0.202. The molecule has 3 nitrogen and oxygen atoms in total. The fourth-order valence-corrected chi connectivity index (χ4v) is 1.92. The monoisotopic (exact) mass is 212 g/mol. The van der Waals surface area contributed by atoms with Crippen LogP contribution >= 0.6 is 11.6 Å². The van der Waals surface area contributed by atoms with Gasteiger partial charge in [-0.3, -0.25) is 0 Å². The van der Waals surface area contributed by atoms with Gasteiger partial charge in [0.05, 0.1) is 5.69 Å². The summed E-state index contributed by atoms with van der Waals surface area (Å²) in [6.45, 7) is 1.67. The molecule has 76 valence electrons. The van der Waals surface area contributed by atoms with Gasteiger partial charge in [0.1, 0.15) is 5.75 Å². The zero-order valence-electron chi connectivity index (χ0n) is 7.78. The van der Waals surface area contributed by atoms with Crippen LogP contribution in [0.5, 0.6) is 5.75 Å². The molecule has 0 bridgehead atoms. The molecule has 1 fully saturated rings. The number of hydrogen-bond acceptors (Lipinski definition) is 3. The first-order valence-electron chi connectivity index (χ1n) is 4.66. The quantitative estimate of drug-likeness (QED) is 0.743. The van der Waals surface area contributed by atoms with Crippen LogP contribution in [-0.2, 0) is 0 Å². The second-order valence-electron chi connectivity index (χ2n) is 3.63. The summed E-state index contributed by atoms with van der Waals surface area (Å²) in [7, 11) is 0. The van der Waals surface area contributed by atoms with E-state index in [4.69, 9.17) is 17.3 Å². The van der Waals surface area contributed by atoms with Gasteiger partial charge in [0.2, 0.25) is 0 Å². The Balaban J connectivity index is 2.27. The van der Waals surface area contributed by atoms with Crippen LogP contribution in [0.2, 0.25) is 5.02 Å². The highest BCUT2D eigenvalue weighted by atomic mass is 35.5. The summed E-state index contributed by atoms with van der Waals surface area (Å²) in [5.41, 5.74) is 6.58. The smallest absolute Gasteiger partial charge is 0.138 e. The summed E-state index contributed by atoms with van der Waals surface area (Å²) >= 11 is 5.86. The highest BCUT2D eigenvalue weighted by Gasteiger charge is 2.21. The molecule has 0 saturated carbocycles. The van der Waals surface area contributed by atoms with E-state index in [0.717, 1.165) is 25.2 Å². The van der Waals surface area contributed by atoms with Crippen molar-refractivity contribution in [3.8, 4) is 5.75 Å². The van der Waals surface area contributed by atoms with Crippen LogP contribution in [-0.4, -0.2) is 24.2 Å². The molecule has 1 unspecified atom stereocenters. The maximum Gasteiger partial charge on any atom is 0.138 e. The first kappa shape index (κ1) is 9.62. The molecule has 0 aromatic heterocycles. The van der Waals surface area contributed by atoms with Gasteiger partial charge in [0.25, 0.3) is 0 Å². The van der Waals surface area contributed by atoms with E-state index in [1.54, 1.807) is 18.2 Å². The molecule has 0 amide bonds. The van der Waals surface area contributed by atoms with Gasteiger partial charge in [-0.2, -0.15) is 0 Å². The van der Waals surface area contributed by atoms with Gasteiger partial charge in [-0.25, -0.2) is 0 Å². The van der Waals surface area contributed by atoms with Crippen molar-refractivity contribution in [3.05, 3.63) is 23.2 Å². The van der Waals surface area contributed by atoms with Gasteiger partial charge < -0.3 is 15.7 Å². The summed E-state index contributed by atoms with van der Waals surface area (Å²) in [4.78, 5) is 2.06. The number of halogens is 1. The van der Waals surface area contributed by atoms with Gasteiger partial charge in [0.15, 0.2) is 0 Å². The van der Waals surface area contributed by atoms with Crippen molar-refractivity contribution in [1.82, 2.24) is 0 Å². The van der Waals surface area contributed by atoms with E-state index >= 15 is 0 Å². The van der Waals surface area contributed by atoms with Crippen LogP contribution in [0.1, 0.15) is 6.42 Å². The Morgan fingerprint density at radius 3 is 2.93 bits per heavy atom. The third-order valence-electron chi connectivity index (χ3n) is 2.50. The van der Waals surface area contributed by atoms with Crippen LogP contribution in [0.4, 0.5) is 5.69 Å². The van der Waals surface area contributed by atoms with E-state index < -0.39 is 0 Å². The highest BCUT2D eigenvalue weighted by Crippen LogP contribution is 2.32. The van der Waals surface area contributed by atoms with E-state index in [2.05, 4.69) is 4.90 Å². The molecule has 1 aliphatic rings. The van der Waals surface area contributed by atoms with Crippen molar-refractivity contribution in [3.63, 3.8) is 0 Å². The molecule has 1 heterocycles. The van der Waals surface area contributed by atoms with Gasteiger partial charge in [-0.15, -0.1) is 0 Å². The predicted molar refractivity (Wildman–Crippen MR) is 57.9 cm³/mol. The number of nitrogens with zero attached hydrogens (tertiary/aromatic N) is 1. The molecular weight excluding hydrogens is 200 g/mol. The molecule has 1 aromatic rings. The molecule has 14 heavy (non-hydrogen) atoms. The first-order chi connectivity index (χ1) is 6.66. The van der Waals surface area contributed by atoms with Crippen molar-refractivity contribution in [1.29, 1.82) is 0 Å². The van der Waals surface area contributed by atoms with Gasteiger partial charge in [0, 0.05) is 24.2 Å². The Morgan fingerprint density at radius 1 is 1.50 bits per heavy atom. The number of benzene rings is 1. The lowest BCUT2D eigenvalue weighted by atomic mass is 10.2. The molecule has 1 atom stereocenters. The van der Waals surface area contributed by atoms with E-state index in [0.29, 0.717) is 5.02 Å². The normalized spacial score (nSPS) is 21.6. The Kier molecular flexibility index (Phi) is 2.52. The molecule has 1 aromatic carbocycles. The lowest BCUT2D eigenvalue weighted by Gasteiger charge is -2.19. The third-order valence-corrected chi connectivity index (χ3v) is 2.74. The van der Waals surface area contributed by atoms with Gasteiger partial charge in [-0.1, -0.05) is 11.6 Å². The minimum Gasteiger partial charge on any atom is -0.506 e. The molecule has 0 spiro atoms. The van der Waals surface area contributed by atoms with Crippen LogP contribution < -0.4 is 10.6 Å². The van der Waals surface area contributed by atoms with Crippen molar-refractivity contribution in [2.45, 2.75) is 12.5 Å². The summed E-state index contributed by atoms with van der Waals surface area (Å²) in [6.07, 6.45) is 0.964. The number of phenols is 1.